The summed E-state index contributed by atoms with van der Waals surface area (Å²) in [6.45, 7) is 12.0. The summed E-state index contributed by atoms with van der Waals surface area (Å²) in [4.78, 5) is 73.3. The van der Waals surface area contributed by atoms with E-state index in [0.717, 1.165) is 108 Å². The smallest absolute Gasteiger partial charge is 0.462 e. The molecule has 5 atom stereocenters. The average molecular weight is 1580 g/mol. The van der Waals surface area contributed by atoms with Crippen LogP contribution in [0.5, 0.6) is 0 Å². The van der Waals surface area contributed by atoms with Gasteiger partial charge in [-0.1, -0.05) is 421 Å². The Labute approximate surface area is 664 Å². The Balaban J connectivity index is 5.24. The first-order chi connectivity index (χ1) is 52.2. The maximum absolute atomic E-state index is 13.2. The third-order valence-electron chi connectivity index (χ3n) is 20.9. The van der Waals surface area contributed by atoms with Crippen LogP contribution in [-0.4, -0.2) is 96.7 Å². The number of rotatable bonds is 87. The molecule has 0 spiro atoms. The van der Waals surface area contributed by atoms with Crippen molar-refractivity contribution in [3.05, 3.63) is 0 Å². The molecule has 0 aromatic carbocycles. The first kappa shape index (κ1) is 106. The Hall–Kier alpha value is -1.94. The molecular weight excluding hydrogens is 1400 g/mol. The zero-order chi connectivity index (χ0) is 79.3. The van der Waals surface area contributed by atoms with E-state index in [1.807, 2.05) is 0 Å². The Morgan fingerprint density at radius 2 is 0.426 bits per heavy atom. The second-order valence-corrected chi connectivity index (χ2v) is 36.3. The van der Waals surface area contributed by atoms with E-state index in [-0.39, 0.29) is 25.7 Å². The molecule has 2 unspecified atom stereocenters. The molecule has 108 heavy (non-hydrogen) atoms. The molecule has 642 valence electrons. The quantitative estimate of drug-likeness (QED) is 0.0222. The predicted molar refractivity (Wildman–Crippen MR) is 446 cm³/mol. The van der Waals surface area contributed by atoms with Gasteiger partial charge in [-0.25, -0.2) is 9.13 Å². The van der Waals surface area contributed by atoms with Gasteiger partial charge in [0.1, 0.15) is 19.3 Å². The minimum atomic E-state index is -4.97. The number of phosphoric acid groups is 2. The molecule has 0 aromatic heterocycles. The minimum absolute atomic E-state index is 0.108. The molecule has 0 radical (unpaired) electrons. The van der Waals surface area contributed by atoms with Crippen molar-refractivity contribution in [3.63, 3.8) is 0 Å². The lowest BCUT2D eigenvalue weighted by Gasteiger charge is -2.21. The van der Waals surface area contributed by atoms with E-state index in [9.17, 15) is 43.2 Å². The van der Waals surface area contributed by atoms with Gasteiger partial charge in [-0.2, -0.15) is 0 Å². The Morgan fingerprint density at radius 1 is 0.250 bits per heavy atom. The fourth-order valence-electron chi connectivity index (χ4n) is 13.9. The van der Waals surface area contributed by atoms with Gasteiger partial charge in [0.2, 0.25) is 0 Å². The van der Waals surface area contributed by atoms with Crippen LogP contribution in [0.1, 0.15) is 472 Å². The lowest BCUT2D eigenvalue weighted by molar-refractivity contribution is -0.161. The fourth-order valence-corrected chi connectivity index (χ4v) is 15.5. The molecular formula is C89H174O17P2. The summed E-state index contributed by atoms with van der Waals surface area (Å²) in [6, 6.07) is 0. The van der Waals surface area contributed by atoms with Crippen LogP contribution < -0.4 is 0 Å². The second kappa shape index (κ2) is 78.9. The number of hydrogen-bond donors (Lipinski definition) is 3. The number of unbranched alkanes of at least 4 members (excludes halogenated alkanes) is 55. The Kier molecular flexibility index (Phi) is 77.5. The van der Waals surface area contributed by atoms with E-state index in [0.29, 0.717) is 25.7 Å². The molecule has 0 amide bonds. The van der Waals surface area contributed by atoms with Crippen molar-refractivity contribution >= 4 is 39.5 Å². The summed E-state index contributed by atoms with van der Waals surface area (Å²) in [6.07, 6.45) is 70.9. The van der Waals surface area contributed by atoms with Crippen molar-refractivity contribution in [2.24, 2.45) is 17.8 Å². The lowest BCUT2D eigenvalue weighted by Crippen LogP contribution is -2.30. The van der Waals surface area contributed by atoms with Gasteiger partial charge in [-0.05, 0) is 43.4 Å². The van der Waals surface area contributed by atoms with Gasteiger partial charge in [-0.15, -0.1) is 0 Å². The van der Waals surface area contributed by atoms with E-state index in [1.165, 1.54) is 283 Å². The largest absolute Gasteiger partial charge is 0.472 e. The Bertz CT molecular complexity index is 2080. The maximum atomic E-state index is 13.2. The van der Waals surface area contributed by atoms with Crippen molar-refractivity contribution in [2.75, 3.05) is 39.6 Å². The molecule has 0 aliphatic carbocycles. The van der Waals surface area contributed by atoms with E-state index < -0.39 is 97.5 Å². The summed E-state index contributed by atoms with van der Waals surface area (Å²) in [5, 5.41) is 10.7. The topological polar surface area (TPSA) is 237 Å². The predicted octanol–water partition coefficient (Wildman–Crippen LogP) is 27.3. The van der Waals surface area contributed by atoms with Gasteiger partial charge < -0.3 is 33.8 Å². The minimum Gasteiger partial charge on any atom is -0.462 e. The van der Waals surface area contributed by atoms with Crippen molar-refractivity contribution in [2.45, 2.75) is 491 Å². The molecule has 0 aromatic rings. The summed E-state index contributed by atoms with van der Waals surface area (Å²) < 4.78 is 69.0. The van der Waals surface area contributed by atoms with Crippen LogP contribution in [0, 0.1) is 17.8 Å². The van der Waals surface area contributed by atoms with Crippen molar-refractivity contribution in [1.29, 1.82) is 0 Å². The summed E-state index contributed by atoms with van der Waals surface area (Å²) in [7, 11) is -9.93. The molecule has 19 heteroatoms. The highest BCUT2D eigenvalue weighted by Crippen LogP contribution is 2.45. The number of phosphoric ester groups is 2. The summed E-state index contributed by atoms with van der Waals surface area (Å²) >= 11 is 0. The molecule has 0 aliphatic rings. The zero-order valence-electron chi connectivity index (χ0n) is 71.3. The normalized spacial score (nSPS) is 13.8. The highest BCUT2D eigenvalue weighted by molar-refractivity contribution is 7.47. The first-order valence-corrected chi connectivity index (χ1v) is 48.8. The van der Waals surface area contributed by atoms with E-state index in [4.69, 9.17) is 37.0 Å². The number of aliphatic hydroxyl groups is 1. The molecule has 0 saturated heterocycles. The van der Waals surface area contributed by atoms with Gasteiger partial charge in [0.25, 0.3) is 0 Å². The number of ether oxygens (including phenoxy) is 4. The van der Waals surface area contributed by atoms with Crippen molar-refractivity contribution in [3.8, 4) is 0 Å². The molecule has 17 nitrogen and oxygen atoms in total. The van der Waals surface area contributed by atoms with Crippen LogP contribution in [0.15, 0.2) is 0 Å². The molecule has 0 heterocycles. The SMILES string of the molecule is CCCCCCCCCCCCCCCCCCCC(=O)O[C@H](COC(=O)CCCCCCCCCCC(C)C)COP(=O)(O)OC[C@H](O)COP(=O)(O)OC[C@@H](COC(=O)CCCCCCCCCCCCCCCCCCC(C)C)OC(=O)CCCCCCCCCCCCCCCCCCCCC(C)C. The molecule has 0 rings (SSSR count). The van der Waals surface area contributed by atoms with Crippen LogP contribution in [0.25, 0.3) is 0 Å². The highest BCUT2D eigenvalue weighted by Gasteiger charge is 2.31. The molecule has 0 saturated carbocycles. The van der Waals surface area contributed by atoms with Gasteiger partial charge in [0, 0.05) is 25.7 Å². The summed E-state index contributed by atoms with van der Waals surface area (Å²) in [5.41, 5.74) is 0. The van der Waals surface area contributed by atoms with Crippen LogP contribution in [0.4, 0.5) is 0 Å². The average Bonchev–Trinajstić information content (AvgIpc) is 0.902. The van der Waals surface area contributed by atoms with Crippen LogP contribution in [0.2, 0.25) is 0 Å². The van der Waals surface area contributed by atoms with Crippen LogP contribution >= 0.6 is 15.6 Å². The highest BCUT2D eigenvalue weighted by atomic mass is 31.2. The molecule has 0 bridgehead atoms. The second-order valence-electron chi connectivity index (χ2n) is 33.4. The van der Waals surface area contributed by atoms with Gasteiger partial charge in [0.05, 0.1) is 26.4 Å². The van der Waals surface area contributed by atoms with Gasteiger partial charge in [0.15, 0.2) is 12.2 Å². The number of aliphatic hydroxyl groups excluding tert-OH is 1. The third kappa shape index (κ3) is 82.1. The van der Waals surface area contributed by atoms with Crippen molar-refractivity contribution < 1.29 is 80.2 Å². The van der Waals surface area contributed by atoms with Crippen LogP contribution in [-0.2, 0) is 65.4 Å². The molecule has 0 fully saturated rings. The third-order valence-corrected chi connectivity index (χ3v) is 22.8. The number of carbonyl (C=O) groups excluding carboxylic acids is 4. The van der Waals surface area contributed by atoms with E-state index in [2.05, 4.69) is 48.5 Å². The Morgan fingerprint density at radius 3 is 0.630 bits per heavy atom. The number of hydrogen-bond acceptors (Lipinski definition) is 15. The number of esters is 4. The van der Waals surface area contributed by atoms with E-state index in [1.54, 1.807) is 0 Å². The first-order valence-electron chi connectivity index (χ1n) is 45.8. The van der Waals surface area contributed by atoms with E-state index >= 15 is 0 Å². The lowest BCUT2D eigenvalue weighted by atomic mass is 10.0. The molecule has 0 aliphatic heterocycles. The number of carbonyl (C=O) groups is 4. The monoisotopic (exact) mass is 1580 g/mol. The van der Waals surface area contributed by atoms with Crippen molar-refractivity contribution in [1.82, 2.24) is 0 Å². The fraction of sp³-hybridized carbons (Fsp3) is 0.955. The molecule has 3 N–H and O–H groups in total. The van der Waals surface area contributed by atoms with Crippen LogP contribution in [0.3, 0.4) is 0 Å². The maximum Gasteiger partial charge on any atom is 0.472 e. The zero-order valence-corrected chi connectivity index (χ0v) is 73.1. The summed E-state index contributed by atoms with van der Waals surface area (Å²) in [5.74, 6) is 0.259. The standard InChI is InChI=1S/C89H174O17P2/c1-8-9-10-11-12-13-14-15-16-19-27-32-37-42-51-58-65-73-89(94)106-85(77-100-87(92)71-64-57-50-45-44-48-55-62-69-82(6)7)79-104-108(97,98)102-75-83(90)74-101-107(95,96)103-78-84(76-99-86(91)70-63-56-49-41-36-31-26-23-22-25-30-35-40-47-54-61-68-81(4)5)105-88(93)72-66-59-52-43-38-33-28-21-18-17-20-24-29-34-39-46-53-60-67-80(2)3/h80-85,90H,8-79H2,1-7H3,(H,95,96)(H,97,98)/t83-,84-,85-/m1/s1. The van der Waals surface area contributed by atoms with Gasteiger partial charge in [-0.3, -0.25) is 37.3 Å². The van der Waals surface area contributed by atoms with Gasteiger partial charge >= 0.3 is 39.5 Å².